The molecule has 19 heavy (non-hydrogen) atoms. The third-order valence-corrected chi connectivity index (χ3v) is 2.81. The van der Waals surface area contributed by atoms with Gasteiger partial charge in [-0.3, -0.25) is 0 Å². The summed E-state index contributed by atoms with van der Waals surface area (Å²) in [5.41, 5.74) is 1.17. The Kier molecular flexibility index (Phi) is 6.20. The molecule has 0 saturated carbocycles. The van der Waals surface area contributed by atoms with E-state index in [4.69, 9.17) is 16.7 Å². The first-order valence-corrected chi connectivity index (χ1v) is 6.45. The van der Waals surface area contributed by atoms with Crippen molar-refractivity contribution in [3.8, 4) is 11.8 Å². The Hall–Kier alpha value is -1.70. The molecule has 0 aliphatic carbocycles. The van der Waals surface area contributed by atoms with Crippen molar-refractivity contribution >= 4 is 23.3 Å². The summed E-state index contributed by atoms with van der Waals surface area (Å²) in [6, 6.07) is 4.85. The first-order valence-electron chi connectivity index (χ1n) is 6.07. The number of carbonyl (C=O) groups excluding carboxylic acids is 1. The highest BCUT2D eigenvalue weighted by atomic mass is 35.5. The first kappa shape index (κ1) is 15.4. The average Bonchev–Trinajstić information content (AvgIpc) is 2.39. The molecule has 0 bridgehead atoms. The average molecular weight is 281 g/mol. The second-order valence-electron chi connectivity index (χ2n) is 3.75. The molecule has 1 aromatic rings. The SMILES string of the molecule is CCN(CC)C(=O)Nc1cc(Cl)ccc1C#CCO. The smallest absolute Gasteiger partial charge is 0.321 e. The molecule has 2 amide bonds. The van der Waals surface area contributed by atoms with Crippen molar-refractivity contribution in [2.75, 3.05) is 25.0 Å². The van der Waals surface area contributed by atoms with Crippen LogP contribution in [0.1, 0.15) is 19.4 Å². The van der Waals surface area contributed by atoms with Gasteiger partial charge in [-0.1, -0.05) is 23.4 Å². The summed E-state index contributed by atoms with van der Waals surface area (Å²) in [7, 11) is 0. The molecule has 0 radical (unpaired) electrons. The summed E-state index contributed by atoms with van der Waals surface area (Å²) >= 11 is 5.92. The van der Waals surface area contributed by atoms with Crippen LogP contribution < -0.4 is 5.32 Å². The topological polar surface area (TPSA) is 52.6 Å². The first-order chi connectivity index (χ1) is 9.12. The van der Waals surface area contributed by atoms with Crippen LogP contribution in [-0.4, -0.2) is 35.7 Å². The van der Waals surface area contributed by atoms with Crippen molar-refractivity contribution in [2.24, 2.45) is 0 Å². The summed E-state index contributed by atoms with van der Waals surface area (Å²) in [5, 5.41) is 12.0. The molecule has 0 aliphatic heterocycles. The van der Waals surface area contributed by atoms with Crippen molar-refractivity contribution in [2.45, 2.75) is 13.8 Å². The molecular formula is C14H17ClN2O2. The number of nitrogens with one attached hydrogen (secondary N) is 1. The van der Waals surface area contributed by atoms with Crippen LogP contribution in [0.4, 0.5) is 10.5 Å². The van der Waals surface area contributed by atoms with Crippen LogP contribution in [0.3, 0.4) is 0 Å². The molecule has 0 atom stereocenters. The Morgan fingerprint density at radius 3 is 2.68 bits per heavy atom. The Morgan fingerprint density at radius 1 is 1.42 bits per heavy atom. The van der Waals surface area contributed by atoms with Gasteiger partial charge in [0.15, 0.2) is 0 Å². The largest absolute Gasteiger partial charge is 0.384 e. The number of rotatable bonds is 3. The normalized spacial score (nSPS) is 9.47. The third kappa shape index (κ3) is 4.47. The zero-order valence-electron chi connectivity index (χ0n) is 11.0. The number of aliphatic hydroxyl groups is 1. The molecule has 0 unspecified atom stereocenters. The van der Waals surface area contributed by atoms with E-state index in [0.717, 1.165) is 0 Å². The zero-order chi connectivity index (χ0) is 14.3. The van der Waals surface area contributed by atoms with Crippen molar-refractivity contribution in [3.05, 3.63) is 28.8 Å². The van der Waals surface area contributed by atoms with Gasteiger partial charge in [0.2, 0.25) is 0 Å². The van der Waals surface area contributed by atoms with E-state index in [-0.39, 0.29) is 12.6 Å². The molecule has 102 valence electrons. The predicted octanol–water partition coefficient (Wildman–Crippen LogP) is 2.56. The lowest BCUT2D eigenvalue weighted by Crippen LogP contribution is -2.34. The molecule has 1 aromatic carbocycles. The number of halogens is 1. The van der Waals surface area contributed by atoms with Gasteiger partial charge in [0.25, 0.3) is 0 Å². The van der Waals surface area contributed by atoms with Gasteiger partial charge in [-0.05, 0) is 32.0 Å². The highest BCUT2D eigenvalue weighted by Gasteiger charge is 2.11. The van der Waals surface area contributed by atoms with E-state index in [9.17, 15) is 4.79 Å². The molecule has 0 spiro atoms. The van der Waals surface area contributed by atoms with E-state index >= 15 is 0 Å². The molecule has 2 N–H and O–H groups in total. The van der Waals surface area contributed by atoms with E-state index in [2.05, 4.69) is 17.2 Å². The third-order valence-electron chi connectivity index (χ3n) is 2.58. The van der Waals surface area contributed by atoms with Crippen molar-refractivity contribution < 1.29 is 9.90 Å². The minimum atomic E-state index is -0.230. The molecule has 0 saturated heterocycles. The molecular weight excluding hydrogens is 264 g/mol. The molecule has 0 aliphatic rings. The van der Waals surface area contributed by atoms with Crippen LogP contribution in [0.2, 0.25) is 5.02 Å². The summed E-state index contributed by atoms with van der Waals surface area (Å²) in [5.74, 6) is 5.33. The van der Waals surface area contributed by atoms with Crippen LogP contribution in [0.5, 0.6) is 0 Å². The number of carbonyl (C=O) groups is 1. The summed E-state index contributed by atoms with van der Waals surface area (Å²) < 4.78 is 0. The van der Waals surface area contributed by atoms with E-state index in [1.54, 1.807) is 23.1 Å². The quantitative estimate of drug-likeness (QED) is 0.836. The number of anilines is 1. The summed E-state index contributed by atoms with van der Waals surface area (Å²) in [6.07, 6.45) is 0. The lowest BCUT2D eigenvalue weighted by atomic mass is 10.2. The number of hydrogen-bond donors (Lipinski definition) is 2. The van der Waals surface area contributed by atoms with E-state index in [0.29, 0.717) is 29.4 Å². The van der Waals surface area contributed by atoms with Gasteiger partial charge in [-0.2, -0.15) is 0 Å². The fourth-order valence-corrected chi connectivity index (χ4v) is 1.74. The minimum Gasteiger partial charge on any atom is -0.384 e. The lowest BCUT2D eigenvalue weighted by molar-refractivity contribution is 0.217. The number of amides is 2. The van der Waals surface area contributed by atoms with Gasteiger partial charge in [-0.25, -0.2) is 4.79 Å². The Balaban J connectivity index is 2.98. The number of nitrogens with zero attached hydrogens (tertiary/aromatic N) is 1. The van der Waals surface area contributed by atoms with Gasteiger partial charge >= 0.3 is 6.03 Å². The van der Waals surface area contributed by atoms with Crippen LogP contribution in [0, 0.1) is 11.8 Å². The van der Waals surface area contributed by atoms with Crippen LogP contribution in [-0.2, 0) is 0 Å². The van der Waals surface area contributed by atoms with Gasteiger partial charge < -0.3 is 15.3 Å². The highest BCUT2D eigenvalue weighted by Crippen LogP contribution is 2.20. The molecule has 0 heterocycles. The van der Waals surface area contributed by atoms with Gasteiger partial charge in [0.1, 0.15) is 6.61 Å². The van der Waals surface area contributed by atoms with Crippen molar-refractivity contribution in [1.82, 2.24) is 4.90 Å². The van der Waals surface area contributed by atoms with Crippen LogP contribution >= 0.6 is 11.6 Å². The summed E-state index contributed by atoms with van der Waals surface area (Å²) in [4.78, 5) is 13.6. The number of hydrogen-bond acceptors (Lipinski definition) is 2. The highest BCUT2D eigenvalue weighted by molar-refractivity contribution is 6.31. The zero-order valence-corrected chi connectivity index (χ0v) is 11.8. The maximum absolute atomic E-state index is 12.0. The van der Waals surface area contributed by atoms with Crippen LogP contribution in [0.15, 0.2) is 18.2 Å². The lowest BCUT2D eigenvalue weighted by Gasteiger charge is -2.19. The monoisotopic (exact) mass is 280 g/mol. The maximum atomic E-state index is 12.0. The number of benzene rings is 1. The van der Waals surface area contributed by atoms with E-state index < -0.39 is 0 Å². The van der Waals surface area contributed by atoms with E-state index in [1.165, 1.54) is 0 Å². The Bertz CT molecular complexity index is 502. The van der Waals surface area contributed by atoms with Gasteiger partial charge in [-0.15, -0.1) is 0 Å². The molecule has 1 rings (SSSR count). The number of urea groups is 1. The molecule has 4 nitrogen and oxygen atoms in total. The Labute approximate surface area is 118 Å². The van der Waals surface area contributed by atoms with Gasteiger partial charge in [0.05, 0.1) is 5.69 Å². The number of aliphatic hydroxyl groups excluding tert-OH is 1. The Morgan fingerprint density at radius 2 is 2.11 bits per heavy atom. The predicted molar refractivity (Wildman–Crippen MR) is 77.4 cm³/mol. The second kappa shape index (κ2) is 7.67. The maximum Gasteiger partial charge on any atom is 0.321 e. The fraction of sp³-hybridized carbons (Fsp3) is 0.357. The fourth-order valence-electron chi connectivity index (χ4n) is 1.57. The molecule has 0 fully saturated rings. The van der Waals surface area contributed by atoms with E-state index in [1.807, 2.05) is 13.8 Å². The van der Waals surface area contributed by atoms with Gasteiger partial charge in [0, 0.05) is 23.7 Å². The minimum absolute atomic E-state index is 0.195. The standard InChI is InChI=1S/C14H17ClN2O2/c1-3-17(4-2)14(19)16-13-10-12(15)8-7-11(13)6-5-9-18/h7-8,10,18H,3-4,9H2,1-2H3,(H,16,19). The van der Waals surface area contributed by atoms with Crippen LogP contribution in [0.25, 0.3) is 0 Å². The molecule has 5 heteroatoms. The van der Waals surface area contributed by atoms with Crippen molar-refractivity contribution in [3.63, 3.8) is 0 Å². The summed E-state index contributed by atoms with van der Waals surface area (Å²) in [6.45, 7) is 4.84. The second-order valence-corrected chi connectivity index (χ2v) is 4.19. The molecule has 0 aromatic heterocycles. The van der Waals surface area contributed by atoms with Crippen molar-refractivity contribution in [1.29, 1.82) is 0 Å².